The number of methoxy groups -OCH3 is 1. The molecule has 0 amide bonds. The van der Waals surface area contributed by atoms with Crippen molar-refractivity contribution in [2.75, 3.05) is 20.2 Å². The van der Waals surface area contributed by atoms with Crippen LogP contribution >= 0.6 is 0 Å². The molecule has 0 aliphatic heterocycles. The van der Waals surface area contributed by atoms with Gasteiger partial charge < -0.3 is 19.9 Å². The van der Waals surface area contributed by atoms with Gasteiger partial charge >= 0.3 is 0 Å². The van der Waals surface area contributed by atoms with Crippen molar-refractivity contribution >= 4 is 5.96 Å². The summed E-state index contributed by atoms with van der Waals surface area (Å²) >= 11 is 0. The van der Waals surface area contributed by atoms with E-state index in [-0.39, 0.29) is 0 Å². The number of hydrogen-bond acceptors (Lipinski definition) is 4. The van der Waals surface area contributed by atoms with Crippen molar-refractivity contribution in [2.45, 2.75) is 32.7 Å². The Hall–Kier alpha value is -2.83. The SMILES string of the molecule is C=CCNC(=NCc1nnc(C)n1C)NCCC(C)c1ccc(OC)cc1. The fourth-order valence-electron chi connectivity index (χ4n) is 2.59. The first kappa shape index (κ1) is 20.5. The molecule has 0 spiro atoms. The first-order valence-corrected chi connectivity index (χ1v) is 9.17. The number of nitrogens with zero attached hydrogens (tertiary/aromatic N) is 4. The summed E-state index contributed by atoms with van der Waals surface area (Å²) in [6, 6.07) is 8.23. The predicted molar refractivity (Wildman–Crippen MR) is 109 cm³/mol. The Morgan fingerprint density at radius 1 is 1.30 bits per heavy atom. The highest BCUT2D eigenvalue weighted by molar-refractivity contribution is 5.79. The molecule has 7 heteroatoms. The van der Waals surface area contributed by atoms with Gasteiger partial charge in [0, 0.05) is 20.1 Å². The Morgan fingerprint density at radius 2 is 2.04 bits per heavy atom. The van der Waals surface area contributed by atoms with Crippen LogP contribution in [0.1, 0.15) is 36.5 Å². The molecule has 2 aromatic rings. The molecule has 0 aliphatic rings. The van der Waals surface area contributed by atoms with Crippen LogP contribution in [0, 0.1) is 6.92 Å². The van der Waals surface area contributed by atoms with Gasteiger partial charge in [0.05, 0.1) is 7.11 Å². The van der Waals surface area contributed by atoms with Gasteiger partial charge in [-0.05, 0) is 37.0 Å². The molecule has 1 aromatic heterocycles. The minimum atomic E-state index is 0.436. The van der Waals surface area contributed by atoms with Gasteiger partial charge in [0.25, 0.3) is 0 Å². The Bertz CT molecular complexity index is 750. The van der Waals surface area contributed by atoms with Crippen molar-refractivity contribution < 1.29 is 4.74 Å². The van der Waals surface area contributed by atoms with E-state index < -0.39 is 0 Å². The van der Waals surface area contributed by atoms with Crippen LogP contribution in [0.2, 0.25) is 0 Å². The standard InChI is InChI=1S/C20H30N6O/c1-6-12-21-20(23-14-19-25-24-16(3)26(19)4)22-13-11-15(2)17-7-9-18(27-5)10-8-17/h6-10,15H,1,11-14H2,2-5H3,(H2,21,22,23). The zero-order valence-corrected chi connectivity index (χ0v) is 16.7. The van der Waals surface area contributed by atoms with Crippen LogP contribution in [0.15, 0.2) is 41.9 Å². The molecule has 27 heavy (non-hydrogen) atoms. The monoisotopic (exact) mass is 370 g/mol. The maximum atomic E-state index is 5.22. The van der Waals surface area contributed by atoms with Crippen molar-refractivity contribution in [1.82, 2.24) is 25.4 Å². The number of guanidine groups is 1. The summed E-state index contributed by atoms with van der Waals surface area (Å²) in [5.41, 5.74) is 1.30. The summed E-state index contributed by atoms with van der Waals surface area (Å²) in [6.07, 6.45) is 2.80. The van der Waals surface area contributed by atoms with Crippen molar-refractivity contribution in [3.8, 4) is 5.75 Å². The van der Waals surface area contributed by atoms with Gasteiger partial charge in [0.2, 0.25) is 0 Å². The van der Waals surface area contributed by atoms with Gasteiger partial charge in [-0.1, -0.05) is 25.1 Å². The normalized spacial score (nSPS) is 12.5. The number of benzene rings is 1. The second-order valence-electron chi connectivity index (χ2n) is 6.45. The van der Waals surface area contributed by atoms with Gasteiger partial charge in [-0.2, -0.15) is 0 Å². The molecule has 1 atom stereocenters. The number of aryl methyl sites for hydroxylation is 1. The Balaban J connectivity index is 1.89. The van der Waals surface area contributed by atoms with E-state index in [0.29, 0.717) is 19.0 Å². The largest absolute Gasteiger partial charge is 0.497 e. The average Bonchev–Trinajstić information content (AvgIpc) is 3.01. The van der Waals surface area contributed by atoms with Crippen LogP contribution in [0.3, 0.4) is 0 Å². The molecule has 0 aliphatic carbocycles. The summed E-state index contributed by atoms with van der Waals surface area (Å²) < 4.78 is 7.16. The second-order valence-corrected chi connectivity index (χ2v) is 6.45. The van der Waals surface area contributed by atoms with Crippen LogP contribution in [0.5, 0.6) is 5.75 Å². The summed E-state index contributed by atoms with van der Waals surface area (Å²) in [6.45, 7) is 9.83. The molecular weight excluding hydrogens is 340 g/mol. The van der Waals surface area contributed by atoms with E-state index in [2.05, 4.69) is 51.5 Å². The first-order valence-electron chi connectivity index (χ1n) is 9.17. The maximum absolute atomic E-state index is 5.22. The zero-order valence-electron chi connectivity index (χ0n) is 16.7. The lowest BCUT2D eigenvalue weighted by Crippen LogP contribution is -2.38. The third-order valence-corrected chi connectivity index (χ3v) is 4.53. The van der Waals surface area contributed by atoms with Crippen molar-refractivity contribution in [3.05, 3.63) is 54.1 Å². The molecule has 0 saturated heterocycles. The van der Waals surface area contributed by atoms with E-state index in [4.69, 9.17) is 4.74 Å². The summed E-state index contributed by atoms with van der Waals surface area (Å²) in [5.74, 6) is 3.77. The highest BCUT2D eigenvalue weighted by Crippen LogP contribution is 2.21. The zero-order chi connectivity index (χ0) is 19.6. The van der Waals surface area contributed by atoms with Crippen molar-refractivity contribution in [1.29, 1.82) is 0 Å². The highest BCUT2D eigenvalue weighted by Gasteiger charge is 2.08. The van der Waals surface area contributed by atoms with E-state index in [0.717, 1.165) is 36.3 Å². The highest BCUT2D eigenvalue weighted by atomic mass is 16.5. The molecule has 7 nitrogen and oxygen atoms in total. The van der Waals surface area contributed by atoms with Crippen molar-refractivity contribution in [2.24, 2.45) is 12.0 Å². The predicted octanol–water partition coefficient (Wildman–Crippen LogP) is 2.55. The minimum absolute atomic E-state index is 0.436. The van der Waals surface area contributed by atoms with Gasteiger partial charge in [-0.3, -0.25) is 0 Å². The lowest BCUT2D eigenvalue weighted by Gasteiger charge is -2.15. The van der Waals surface area contributed by atoms with Gasteiger partial charge in [0.1, 0.15) is 18.1 Å². The lowest BCUT2D eigenvalue weighted by molar-refractivity contribution is 0.414. The fraction of sp³-hybridized carbons (Fsp3) is 0.450. The van der Waals surface area contributed by atoms with E-state index in [9.17, 15) is 0 Å². The smallest absolute Gasteiger partial charge is 0.191 e. The van der Waals surface area contributed by atoms with Gasteiger partial charge in [0.15, 0.2) is 11.8 Å². The molecule has 146 valence electrons. The summed E-state index contributed by atoms with van der Waals surface area (Å²) in [4.78, 5) is 4.60. The quantitative estimate of drug-likeness (QED) is 0.403. The second kappa shape index (κ2) is 10.4. The van der Waals surface area contributed by atoms with E-state index in [1.807, 2.05) is 36.7 Å². The van der Waals surface area contributed by atoms with Crippen LogP contribution in [0.4, 0.5) is 0 Å². The maximum Gasteiger partial charge on any atom is 0.191 e. The van der Waals surface area contributed by atoms with Crippen LogP contribution < -0.4 is 15.4 Å². The summed E-state index contributed by atoms with van der Waals surface area (Å²) in [5, 5.41) is 14.8. The number of aromatic nitrogens is 3. The summed E-state index contributed by atoms with van der Waals surface area (Å²) in [7, 11) is 3.63. The van der Waals surface area contributed by atoms with E-state index >= 15 is 0 Å². The number of ether oxygens (including phenoxy) is 1. The molecule has 2 N–H and O–H groups in total. The third-order valence-electron chi connectivity index (χ3n) is 4.53. The number of hydrogen-bond donors (Lipinski definition) is 2. The van der Waals surface area contributed by atoms with Crippen LogP contribution in [0.25, 0.3) is 0 Å². The molecule has 1 aromatic carbocycles. The molecule has 2 rings (SSSR count). The van der Waals surface area contributed by atoms with Crippen LogP contribution in [-0.4, -0.2) is 40.9 Å². The Kier molecular flexibility index (Phi) is 7.85. The minimum Gasteiger partial charge on any atom is -0.497 e. The van der Waals surface area contributed by atoms with Gasteiger partial charge in [-0.25, -0.2) is 4.99 Å². The number of aliphatic imine (C=N–C) groups is 1. The van der Waals surface area contributed by atoms with Crippen molar-refractivity contribution in [3.63, 3.8) is 0 Å². The Morgan fingerprint density at radius 3 is 2.63 bits per heavy atom. The third kappa shape index (κ3) is 6.13. The molecule has 0 radical (unpaired) electrons. The molecular formula is C20H30N6O. The van der Waals surface area contributed by atoms with E-state index in [1.54, 1.807) is 7.11 Å². The molecule has 1 heterocycles. The first-order chi connectivity index (χ1) is 13.0. The van der Waals surface area contributed by atoms with Gasteiger partial charge in [-0.15, -0.1) is 16.8 Å². The van der Waals surface area contributed by atoms with Crippen LogP contribution in [-0.2, 0) is 13.6 Å². The van der Waals surface area contributed by atoms with E-state index in [1.165, 1.54) is 5.56 Å². The Labute approximate surface area is 161 Å². The molecule has 1 unspecified atom stereocenters. The number of rotatable bonds is 9. The fourth-order valence-corrected chi connectivity index (χ4v) is 2.59. The molecule has 0 fully saturated rings. The lowest BCUT2D eigenvalue weighted by atomic mass is 9.98. The molecule has 0 bridgehead atoms. The topological polar surface area (TPSA) is 76.4 Å². The average molecular weight is 371 g/mol. The molecule has 0 saturated carbocycles. The number of nitrogens with one attached hydrogen (secondary N) is 2.